The summed E-state index contributed by atoms with van der Waals surface area (Å²) in [5.74, 6) is 0. The summed E-state index contributed by atoms with van der Waals surface area (Å²) >= 11 is 0. The minimum Gasteiger partial charge on any atom is -0.254 e. The summed E-state index contributed by atoms with van der Waals surface area (Å²) in [5, 5.41) is 13.3. The molecule has 0 unspecified atom stereocenters. The Morgan fingerprint density at radius 2 is 1.19 bits per heavy atom. The van der Waals surface area contributed by atoms with Gasteiger partial charge in [0.05, 0.1) is 22.2 Å². The molecule has 10 rings (SSSR count). The fourth-order valence-electron chi connectivity index (χ4n) is 8.07. The molecule has 52 heavy (non-hydrogen) atoms. The van der Waals surface area contributed by atoms with Gasteiger partial charge in [-0.2, -0.15) is 0 Å². The lowest BCUT2D eigenvalue weighted by Gasteiger charge is -2.14. The fraction of sp³-hybridized carbons (Fsp3) is 0.0408. The van der Waals surface area contributed by atoms with Crippen LogP contribution >= 0.6 is 0 Å². The predicted octanol–water partition coefficient (Wildman–Crippen LogP) is 12.8. The summed E-state index contributed by atoms with van der Waals surface area (Å²) in [6, 6.07) is 50.1. The molecular formula is C49H33N3. The zero-order chi connectivity index (χ0) is 34.6. The van der Waals surface area contributed by atoms with Crippen molar-refractivity contribution in [1.82, 2.24) is 15.0 Å². The van der Waals surface area contributed by atoms with Crippen molar-refractivity contribution in [2.24, 2.45) is 0 Å². The molecular weight excluding hydrogens is 631 g/mol. The third-order valence-electron chi connectivity index (χ3n) is 10.5. The number of nitrogens with zero attached hydrogens (tertiary/aromatic N) is 3. The highest BCUT2D eigenvalue weighted by molar-refractivity contribution is 6.30. The summed E-state index contributed by atoms with van der Waals surface area (Å²) in [4.78, 5) is 14.8. The van der Waals surface area contributed by atoms with Crippen molar-refractivity contribution in [3.63, 3.8) is 0 Å². The molecule has 3 nitrogen and oxygen atoms in total. The van der Waals surface area contributed by atoms with Crippen LogP contribution in [0.3, 0.4) is 0 Å². The van der Waals surface area contributed by atoms with Crippen LogP contribution in [0.1, 0.15) is 18.2 Å². The highest BCUT2D eigenvalue weighted by atomic mass is 14.7. The maximum absolute atomic E-state index is 5.41. The molecule has 0 atom stereocenters. The third kappa shape index (κ3) is 4.85. The number of hydrogen-bond donors (Lipinski definition) is 0. The van der Waals surface area contributed by atoms with E-state index in [0.29, 0.717) is 0 Å². The third-order valence-corrected chi connectivity index (χ3v) is 10.5. The Kier molecular flexibility index (Phi) is 7.10. The highest BCUT2D eigenvalue weighted by Gasteiger charge is 2.15. The Balaban J connectivity index is 0.995. The fourth-order valence-corrected chi connectivity index (χ4v) is 8.07. The molecule has 0 amide bonds. The van der Waals surface area contributed by atoms with E-state index in [-0.39, 0.29) is 0 Å². The van der Waals surface area contributed by atoms with Crippen molar-refractivity contribution in [3.05, 3.63) is 181 Å². The lowest BCUT2D eigenvalue weighted by Crippen LogP contribution is -1.95. The van der Waals surface area contributed by atoms with E-state index in [1.807, 2.05) is 18.5 Å². The molecule has 7 aromatic carbocycles. The molecule has 0 saturated heterocycles. The first-order chi connectivity index (χ1) is 25.7. The molecule has 0 aliphatic heterocycles. The number of benzene rings is 7. The van der Waals surface area contributed by atoms with Crippen molar-refractivity contribution in [3.8, 4) is 11.1 Å². The Bertz CT molecular complexity index is 3120. The minimum atomic E-state index is 0.733. The number of fused-ring (bicyclic) bond motifs is 12. The topological polar surface area (TPSA) is 38.7 Å². The molecule has 0 N–H and O–H groups in total. The van der Waals surface area contributed by atoms with Gasteiger partial charge in [0.15, 0.2) is 0 Å². The largest absolute Gasteiger partial charge is 0.254 e. The second-order valence-corrected chi connectivity index (χ2v) is 13.4. The van der Waals surface area contributed by atoms with Crippen LogP contribution in [0.2, 0.25) is 0 Å². The SMILES string of the molecule is C/C=C(\C=C/Cc1nc2c3ccccc3c3ccccc3c2c2ccccc12)c1ccc2cc(-c3ccnc4c3ccc3cccnc34)ccc2c1. The van der Waals surface area contributed by atoms with Gasteiger partial charge < -0.3 is 0 Å². The van der Waals surface area contributed by atoms with Crippen LogP contribution in [0.25, 0.3) is 92.5 Å². The highest BCUT2D eigenvalue weighted by Crippen LogP contribution is 2.39. The van der Waals surface area contributed by atoms with E-state index < -0.39 is 0 Å². The van der Waals surface area contributed by atoms with Crippen LogP contribution in [-0.4, -0.2) is 15.0 Å². The maximum atomic E-state index is 5.41. The van der Waals surface area contributed by atoms with Gasteiger partial charge in [0, 0.05) is 45.7 Å². The van der Waals surface area contributed by atoms with Crippen LogP contribution in [-0.2, 0) is 6.42 Å². The van der Waals surface area contributed by atoms with Crippen molar-refractivity contribution < 1.29 is 0 Å². The molecule has 0 aliphatic rings. The zero-order valence-corrected chi connectivity index (χ0v) is 28.7. The van der Waals surface area contributed by atoms with Crippen LogP contribution < -0.4 is 0 Å². The molecule has 0 aliphatic carbocycles. The van der Waals surface area contributed by atoms with E-state index in [1.165, 1.54) is 65.2 Å². The van der Waals surface area contributed by atoms with Crippen LogP contribution in [0.15, 0.2) is 170 Å². The monoisotopic (exact) mass is 663 g/mol. The predicted molar refractivity (Wildman–Crippen MR) is 221 cm³/mol. The van der Waals surface area contributed by atoms with Gasteiger partial charge in [0.25, 0.3) is 0 Å². The van der Waals surface area contributed by atoms with Crippen molar-refractivity contribution >= 4 is 81.4 Å². The minimum absolute atomic E-state index is 0.733. The van der Waals surface area contributed by atoms with Gasteiger partial charge in [-0.15, -0.1) is 0 Å². The van der Waals surface area contributed by atoms with E-state index in [0.717, 1.165) is 45.0 Å². The summed E-state index contributed by atoms with van der Waals surface area (Å²) in [6.45, 7) is 2.11. The average molecular weight is 664 g/mol. The molecule has 0 spiro atoms. The molecule has 3 aromatic heterocycles. The first-order valence-electron chi connectivity index (χ1n) is 17.9. The van der Waals surface area contributed by atoms with Crippen LogP contribution in [0.5, 0.6) is 0 Å². The maximum Gasteiger partial charge on any atom is 0.0970 e. The molecule has 0 bridgehead atoms. The van der Waals surface area contributed by atoms with Gasteiger partial charge in [-0.3, -0.25) is 15.0 Å². The Hall–Kier alpha value is -6.71. The second-order valence-electron chi connectivity index (χ2n) is 13.4. The lowest BCUT2D eigenvalue weighted by atomic mass is 9.93. The number of aromatic nitrogens is 3. The Morgan fingerprint density at radius 1 is 0.519 bits per heavy atom. The number of pyridine rings is 3. The van der Waals surface area contributed by atoms with E-state index in [4.69, 9.17) is 9.97 Å². The standard InChI is InChI=1S/C49H33N3/c1-2-31(33-20-21-35-30-36(23-22-34(35)29-33)37-26-28-51-49-44(37)25-24-32-12-10-27-50-47(32)49)11-9-19-45-40-15-5-7-17-42(40)46-41-16-6-3-13-38(41)39-14-4-8-18-43(39)48(46)52-45/h2-18,20-30H,19H2,1H3/b11-9-,31-2+. The van der Waals surface area contributed by atoms with Gasteiger partial charge in [-0.1, -0.05) is 133 Å². The Labute approximate surface area is 301 Å². The van der Waals surface area contributed by atoms with Gasteiger partial charge in [0.2, 0.25) is 0 Å². The Morgan fingerprint density at radius 3 is 2.02 bits per heavy atom. The molecule has 10 aromatic rings. The van der Waals surface area contributed by atoms with Gasteiger partial charge in [0.1, 0.15) is 0 Å². The van der Waals surface area contributed by atoms with E-state index in [9.17, 15) is 0 Å². The normalized spacial score (nSPS) is 12.4. The second kappa shape index (κ2) is 12.3. The van der Waals surface area contributed by atoms with Crippen molar-refractivity contribution in [1.29, 1.82) is 0 Å². The average Bonchev–Trinajstić information content (AvgIpc) is 3.21. The lowest BCUT2D eigenvalue weighted by molar-refractivity contribution is 1.17. The summed E-state index contributed by atoms with van der Waals surface area (Å²) in [5.41, 5.74) is 8.75. The van der Waals surface area contributed by atoms with Gasteiger partial charge in [-0.25, -0.2) is 0 Å². The number of rotatable bonds is 5. The van der Waals surface area contributed by atoms with Gasteiger partial charge >= 0.3 is 0 Å². The first-order valence-corrected chi connectivity index (χ1v) is 17.9. The van der Waals surface area contributed by atoms with Crippen LogP contribution in [0, 0.1) is 0 Å². The smallest absolute Gasteiger partial charge is 0.0970 e. The zero-order valence-electron chi connectivity index (χ0n) is 28.7. The van der Waals surface area contributed by atoms with E-state index >= 15 is 0 Å². The van der Waals surface area contributed by atoms with Gasteiger partial charge in [-0.05, 0) is 85.8 Å². The summed E-state index contributed by atoms with van der Waals surface area (Å²) in [7, 11) is 0. The number of allylic oxidation sites excluding steroid dienone is 4. The van der Waals surface area contributed by atoms with E-state index in [2.05, 4.69) is 164 Å². The number of hydrogen-bond acceptors (Lipinski definition) is 3. The summed E-state index contributed by atoms with van der Waals surface area (Å²) < 4.78 is 0. The van der Waals surface area contributed by atoms with Crippen molar-refractivity contribution in [2.75, 3.05) is 0 Å². The molecule has 0 radical (unpaired) electrons. The van der Waals surface area contributed by atoms with E-state index in [1.54, 1.807) is 0 Å². The molecule has 3 heterocycles. The molecule has 3 heteroatoms. The molecule has 0 fully saturated rings. The quantitative estimate of drug-likeness (QED) is 0.136. The summed E-state index contributed by atoms with van der Waals surface area (Å²) in [6.07, 6.45) is 11.2. The van der Waals surface area contributed by atoms with Crippen LogP contribution in [0.4, 0.5) is 0 Å². The molecule has 244 valence electrons. The first kappa shape index (κ1) is 30.1. The molecule has 0 saturated carbocycles. The van der Waals surface area contributed by atoms with Crippen molar-refractivity contribution in [2.45, 2.75) is 13.3 Å².